The highest BCUT2D eigenvalue weighted by atomic mass is 35.5. The van der Waals surface area contributed by atoms with Crippen LogP contribution in [0.4, 0.5) is 8.78 Å². The molecule has 4 aromatic carbocycles. The maximum absolute atomic E-state index is 14.0. The van der Waals surface area contributed by atoms with Crippen molar-refractivity contribution in [3.05, 3.63) is 137 Å². The number of rotatable bonds is 14. The van der Waals surface area contributed by atoms with Crippen molar-refractivity contribution in [3.8, 4) is 5.75 Å². The largest absolute Gasteiger partial charge is 0.494 e. The fraction of sp³-hybridized carbons (Fsp3) is 0.229. The SMILES string of the molecule is CCOc1ccc(C[C@@H](NC(=O)c2ccccc2)C(=O)N[C@@H](Cc2ccc(F)c(F)c2)C(=O)NCc2ccc(CN)cc2)cc1.Cl. The molecule has 2 atom stereocenters. The molecule has 0 spiro atoms. The Morgan fingerprint density at radius 1 is 0.717 bits per heavy atom. The van der Waals surface area contributed by atoms with Crippen molar-refractivity contribution in [2.75, 3.05) is 6.61 Å². The number of amides is 3. The predicted molar refractivity (Wildman–Crippen MR) is 174 cm³/mol. The van der Waals surface area contributed by atoms with E-state index in [-0.39, 0.29) is 31.8 Å². The third-order valence-electron chi connectivity index (χ3n) is 7.11. The van der Waals surface area contributed by atoms with Crippen LogP contribution in [0.2, 0.25) is 0 Å². The first-order chi connectivity index (χ1) is 21.7. The highest BCUT2D eigenvalue weighted by molar-refractivity contribution is 5.98. The van der Waals surface area contributed by atoms with Gasteiger partial charge in [0.15, 0.2) is 11.6 Å². The molecule has 3 amide bonds. The Balaban J connectivity index is 0.00000576. The summed E-state index contributed by atoms with van der Waals surface area (Å²) >= 11 is 0. The van der Waals surface area contributed by atoms with Gasteiger partial charge in [-0.2, -0.15) is 0 Å². The average Bonchev–Trinajstić information content (AvgIpc) is 3.06. The van der Waals surface area contributed by atoms with Crippen LogP contribution >= 0.6 is 12.4 Å². The van der Waals surface area contributed by atoms with E-state index < -0.39 is 41.4 Å². The average molecular weight is 651 g/mol. The van der Waals surface area contributed by atoms with Gasteiger partial charge in [-0.15, -0.1) is 12.4 Å². The van der Waals surface area contributed by atoms with Crippen LogP contribution in [0.25, 0.3) is 0 Å². The van der Waals surface area contributed by atoms with Crippen molar-refractivity contribution in [1.82, 2.24) is 16.0 Å². The Labute approximate surface area is 273 Å². The van der Waals surface area contributed by atoms with E-state index in [1.807, 2.05) is 31.2 Å². The second-order valence-corrected chi connectivity index (χ2v) is 10.4. The topological polar surface area (TPSA) is 123 Å². The third-order valence-corrected chi connectivity index (χ3v) is 7.11. The van der Waals surface area contributed by atoms with Crippen LogP contribution in [0.5, 0.6) is 5.75 Å². The summed E-state index contributed by atoms with van der Waals surface area (Å²) in [6, 6.07) is 24.0. The lowest BCUT2D eigenvalue weighted by molar-refractivity contribution is -0.130. The molecule has 0 saturated heterocycles. The second kappa shape index (κ2) is 17.6. The quantitative estimate of drug-likeness (QED) is 0.159. The molecule has 0 fully saturated rings. The fourth-order valence-electron chi connectivity index (χ4n) is 4.65. The monoisotopic (exact) mass is 650 g/mol. The first-order valence-corrected chi connectivity index (χ1v) is 14.6. The van der Waals surface area contributed by atoms with Gasteiger partial charge in [0.25, 0.3) is 5.91 Å². The molecule has 0 aliphatic rings. The molecule has 8 nitrogen and oxygen atoms in total. The van der Waals surface area contributed by atoms with Gasteiger partial charge in [0.2, 0.25) is 11.8 Å². The summed E-state index contributed by atoms with van der Waals surface area (Å²) in [4.78, 5) is 40.3. The van der Waals surface area contributed by atoms with E-state index in [1.54, 1.807) is 54.6 Å². The molecule has 242 valence electrons. The lowest BCUT2D eigenvalue weighted by atomic mass is 10.0. The zero-order valence-electron chi connectivity index (χ0n) is 25.3. The summed E-state index contributed by atoms with van der Waals surface area (Å²) in [5.74, 6) is -3.06. The smallest absolute Gasteiger partial charge is 0.251 e. The van der Waals surface area contributed by atoms with Crippen LogP contribution in [0.1, 0.15) is 39.5 Å². The predicted octanol–water partition coefficient (Wildman–Crippen LogP) is 4.63. The van der Waals surface area contributed by atoms with Crippen LogP contribution in [0.15, 0.2) is 97.1 Å². The number of halogens is 3. The molecular weight excluding hydrogens is 614 g/mol. The molecule has 0 aromatic heterocycles. The number of hydrogen-bond donors (Lipinski definition) is 4. The minimum absolute atomic E-state index is 0. The normalized spacial score (nSPS) is 11.8. The van der Waals surface area contributed by atoms with Gasteiger partial charge in [0, 0.05) is 31.5 Å². The minimum Gasteiger partial charge on any atom is -0.494 e. The molecule has 0 bridgehead atoms. The molecule has 4 aromatic rings. The fourth-order valence-corrected chi connectivity index (χ4v) is 4.65. The van der Waals surface area contributed by atoms with E-state index >= 15 is 0 Å². The van der Waals surface area contributed by atoms with Crippen molar-refractivity contribution >= 4 is 30.1 Å². The number of benzene rings is 4. The van der Waals surface area contributed by atoms with Crippen LogP contribution in [-0.4, -0.2) is 36.4 Å². The molecular formula is C35H37ClF2N4O4. The van der Waals surface area contributed by atoms with Crippen molar-refractivity contribution in [1.29, 1.82) is 0 Å². The maximum Gasteiger partial charge on any atom is 0.251 e. The number of ether oxygens (including phenoxy) is 1. The standard InChI is InChI=1S/C35H36F2N4O4.ClH/c1-2-45-28-15-12-23(13-16-28)19-32(40-33(42)27-6-4-3-5-7-27)35(44)41-31(20-26-14-17-29(36)30(37)18-26)34(43)39-22-25-10-8-24(21-38)9-11-25;/h3-18,31-32H,2,19-22,38H2,1H3,(H,39,43)(H,40,42)(H,41,44);1H/t31-,32+;/m0./s1. The van der Waals surface area contributed by atoms with Gasteiger partial charge in [-0.3, -0.25) is 14.4 Å². The lowest BCUT2D eigenvalue weighted by Crippen LogP contribution is -2.55. The minimum atomic E-state index is -1.16. The molecule has 0 aliphatic heterocycles. The molecule has 4 rings (SSSR count). The highest BCUT2D eigenvalue weighted by Crippen LogP contribution is 2.15. The first-order valence-electron chi connectivity index (χ1n) is 14.6. The Kier molecular flexibility index (Phi) is 13.7. The van der Waals surface area contributed by atoms with Gasteiger partial charge >= 0.3 is 0 Å². The van der Waals surface area contributed by atoms with E-state index in [2.05, 4.69) is 16.0 Å². The molecule has 5 N–H and O–H groups in total. The van der Waals surface area contributed by atoms with E-state index in [0.29, 0.717) is 30.0 Å². The third kappa shape index (κ3) is 10.4. The molecule has 0 radical (unpaired) electrons. The Morgan fingerprint density at radius 2 is 1.30 bits per heavy atom. The van der Waals surface area contributed by atoms with Crippen LogP contribution in [-0.2, 0) is 35.5 Å². The maximum atomic E-state index is 14.0. The summed E-state index contributed by atoms with van der Waals surface area (Å²) in [6.07, 6.45) is -0.00684. The van der Waals surface area contributed by atoms with E-state index in [1.165, 1.54) is 6.07 Å². The molecule has 0 saturated carbocycles. The summed E-state index contributed by atoms with van der Waals surface area (Å²) in [6.45, 7) is 2.91. The Morgan fingerprint density at radius 3 is 1.93 bits per heavy atom. The molecule has 0 aliphatic carbocycles. The Bertz CT molecular complexity index is 1590. The van der Waals surface area contributed by atoms with Gasteiger partial charge in [-0.25, -0.2) is 8.78 Å². The van der Waals surface area contributed by atoms with E-state index in [0.717, 1.165) is 28.8 Å². The van der Waals surface area contributed by atoms with Gasteiger partial charge in [0.05, 0.1) is 6.61 Å². The van der Waals surface area contributed by atoms with Crippen molar-refractivity contribution < 1.29 is 27.9 Å². The van der Waals surface area contributed by atoms with Crippen LogP contribution in [0, 0.1) is 11.6 Å². The van der Waals surface area contributed by atoms with Gasteiger partial charge in [-0.1, -0.05) is 60.7 Å². The number of hydrogen-bond acceptors (Lipinski definition) is 5. The van der Waals surface area contributed by atoms with Crippen molar-refractivity contribution in [2.45, 2.75) is 44.9 Å². The number of carbonyl (C=O) groups excluding carboxylic acids is 3. The molecule has 46 heavy (non-hydrogen) atoms. The zero-order valence-corrected chi connectivity index (χ0v) is 26.1. The van der Waals surface area contributed by atoms with E-state index in [9.17, 15) is 23.2 Å². The van der Waals surface area contributed by atoms with Crippen molar-refractivity contribution in [3.63, 3.8) is 0 Å². The van der Waals surface area contributed by atoms with Gasteiger partial charge in [-0.05, 0) is 65.6 Å². The number of carbonyl (C=O) groups is 3. The lowest BCUT2D eigenvalue weighted by Gasteiger charge is -2.24. The molecule has 11 heteroatoms. The molecule has 0 heterocycles. The Hall–Kier alpha value is -4.80. The summed E-state index contributed by atoms with van der Waals surface area (Å²) in [5.41, 5.74) is 8.82. The van der Waals surface area contributed by atoms with Crippen molar-refractivity contribution in [2.24, 2.45) is 5.73 Å². The van der Waals surface area contributed by atoms with Crippen LogP contribution < -0.4 is 26.4 Å². The molecule has 0 unspecified atom stereocenters. The first kappa shape index (κ1) is 35.7. The summed E-state index contributed by atoms with van der Waals surface area (Å²) < 4.78 is 33.2. The van der Waals surface area contributed by atoms with Gasteiger partial charge in [0.1, 0.15) is 17.8 Å². The number of nitrogens with one attached hydrogen (secondary N) is 3. The highest BCUT2D eigenvalue weighted by Gasteiger charge is 2.28. The van der Waals surface area contributed by atoms with Crippen LogP contribution in [0.3, 0.4) is 0 Å². The summed E-state index contributed by atoms with van der Waals surface area (Å²) in [5, 5.41) is 8.33. The second-order valence-electron chi connectivity index (χ2n) is 10.4. The number of nitrogens with two attached hydrogens (primary N) is 1. The van der Waals surface area contributed by atoms with Gasteiger partial charge < -0.3 is 26.4 Å². The van der Waals surface area contributed by atoms with E-state index in [4.69, 9.17) is 10.5 Å². The zero-order chi connectivity index (χ0) is 32.2. The summed E-state index contributed by atoms with van der Waals surface area (Å²) in [7, 11) is 0.